The van der Waals surface area contributed by atoms with E-state index in [0.29, 0.717) is 31.2 Å². The number of aliphatic hydroxyl groups excluding tert-OH is 1. The number of esters is 1. The average Bonchev–Trinajstić information content (AvgIpc) is 3.62. The fourth-order valence-corrected chi connectivity index (χ4v) is 10.6. The highest BCUT2D eigenvalue weighted by atomic mass is 16.7. The summed E-state index contributed by atoms with van der Waals surface area (Å²) in [5.41, 5.74) is 4.92. The van der Waals surface area contributed by atoms with E-state index in [9.17, 15) is 14.7 Å². The molecular weight excluding hydrogens is 548 g/mol. The number of carbonyl (C=O) groups excluding carboxylic acids is 2. The molecule has 5 N–H and O–H groups in total. The Labute approximate surface area is 256 Å². The van der Waals surface area contributed by atoms with Gasteiger partial charge in [0.1, 0.15) is 18.1 Å². The first-order valence-corrected chi connectivity index (χ1v) is 17.5. The number of quaternary nitrogens is 1. The highest BCUT2D eigenvalue weighted by Crippen LogP contribution is 2.50. The van der Waals surface area contributed by atoms with E-state index in [1.807, 2.05) is 27.7 Å². The fraction of sp³-hybridized carbons (Fsp3) is 0.941. The van der Waals surface area contributed by atoms with Crippen molar-refractivity contribution in [3.63, 3.8) is 0 Å². The number of piperidine rings is 1. The quantitative estimate of drug-likeness (QED) is 0.322. The predicted octanol–water partition coefficient (Wildman–Crippen LogP) is 2.60. The summed E-state index contributed by atoms with van der Waals surface area (Å²) in [7, 11) is 0. The lowest BCUT2D eigenvalue weighted by Crippen LogP contribution is -3.02. The lowest BCUT2D eigenvalue weighted by atomic mass is 9.59. The summed E-state index contributed by atoms with van der Waals surface area (Å²) in [4.78, 5) is 26.4. The molecule has 3 saturated carbocycles. The second-order valence-corrected chi connectivity index (χ2v) is 16.1. The van der Waals surface area contributed by atoms with Crippen molar-refractivity contribution in [2.75, 3.05) is 0 Å². The van der Waals surface area contributed by atoms with Gasteiger partial charge < -0.3 is 29.4 Å². The Kier molecular flexibility index (Phi) is 8.03. The third kappa shape index (κ3) is 5.52. The van der Waals surface area contributed by atoms with E-state index in [0.717, 1.165) is 37.0 Å². The van der Waals surface area contributed by atoms with Gasteiger partial charge in [-0.25, -0.2) is 4.79 Å². The Bertz CT molecular complexity index is 1080. The van der Waals surface area contributed by atoms with Crippen molar-refractivity contribution in [1.82, 2.24) is 0 Å². The Morgan fingerprint density at radius 3 is 2.60 bits per heavy atom. The number of epoxide rings is 1. The maximum absolute atomic E-state index is 13.6. The number of ether oxygens (including phenoxy) is 4. The van der Waals surface area contributed by atoms with Crippen LogP contribution in [0.15, 0.2) is 0 Å². The number of ketones is 1. The number of rotatable bonds is 5. The number of aliphatic hydroxyl groups is 1. The van der Waals surface area contributed by atoms with Gasteiger partial charge in [0.2, 0.25) is 0 Å². The first-order valence-electron chi connectivity index (χ1n) is 17.5. The first kappa shape index (κ1) is 30.5. The molecule has 4 heterocycles. The molecule has 7 fully saturated rings. The van der Waals surface area contributed by atoms with Crippen LogP contribution in [0.25, 0.3) is 0 Å². The molecular formula is C34H55N2O7+. The molecule has 15 atom stereocenters. The molecule has 7 rings (SSSR count). The molecule has 43 heavy (non-hydrogen) atoms. The van der Waals surface area contributed by atoms with Crippen molar-refractivity contribution in [2.45, 2.75) is 165 Å². The van der Waals surface area contributed by atoms with Gasteiger partial charge in [-0.1, -0.05) is 12.8 Å². The fourth-order valence-electron chi connectivity index (χ4n) is 10.6. The lowest BCUT2D eigenvalue weighted by molar-refractivity contribution is -0.749. The molecule has 3 aliphatic carbocycles. The van der Waals surface area contributed by atoms with Crippen LogP contribution in [0.1, 0.15) is 105 Å². The highest BCUT2D eigenvalue weighted by Gasteiger charge is 2.62. The number of Topliss-reactive ketones (excluding diaryl/α,β-unsaturated/α-hetero) is 1. The molecule has 12 unspecified atom stereocenters. The average molecular weight is 604 g/mol. The predicted molar refractivity (Wildman–Crippen MR) is 157 cm³/mol. The third-order valence-corrected chi connectivity index (χ3v) is 13.0. The van der Waals surface area contributed by atoms with Crippen LogP contribution in [0, 0.1) is 35.5 Å². The number of hydrogen-bond donors (Lipinski definition) is 3. The van der Waals surface area contributed by atoms with Gasteiger partial charge in [-0.3, -0.25) is 10.5 Å². The molecule has 242 valence electrons. The normalized spacial score (nSPS) is 52.2. The van der Waals surface area contributed by atoms with Gasteiger partial charge in [0.15, 0.2) is 5.60 Å². The Morgan fingerprint density at radius 2 is 1.79 bits per heavy atom. The van der Waals surface area contributed by atoms with Gasteiger partial charge >= 0.3 is 5.97 Å². The zero-order chi connectivity index (χ0) is 30.3. The largest absolute Gasteiger partial charge is 0.457 e. The highest BCUT2D eigenvalue weighted by molar-refractivity contribution is 5.84. The van der Waals surface area contributed by atoms with E-state index in [1.54, 1.807) is 0 Å². The summed E-state index contributed by atoms with van der Waals surface area (Å²) in [6.45, 7) is 7.66. The van der Waals surface area contributed by atoms with Crippen molar-refractivity contribution in [1.29, 1.82) is 0 Å². The maximum Gasteiger partial charge on any atom is 0.341 e. The van der Waals surface area contributed by atoms with Crippen LogP contribution < -0.4 is 11.1 Å². The Morgan fingerprint density at radius 1 is 1.00 bits per heavy atom. The molecule has 4 saturated heterocycles. The summed E-state index contributed by atoms with van der Waals surface area (Å²) in [5, 5.41) is 13.8. The van der Waals surface area contributed by atoms with Gasteiger partial charge in [-0.05, 0) is 84.5 Å². The minimum atomic E-state index is -0.949. The summed E-state index contributed by atoms with van der Waals surface area (Å²) < 4.78 is 24.8. The summed E-state index contributed by atoms with van der Waals surface area (Å²) in [6.07, 6.45) is 10.4. The lowest BCUT2D eigenvalue weighted by Gasteiger charge is -2.53. The van der Waals surface area contributed by atoms with Crippen LogP contribution in [0.5, 0.6) is 0 Å². The molecule has 9 heteroatoms. The summed E-state index contributed by atoms with van der Waals surface area (Å²) in [5.74, 6) is 1.91. The van der Waals surface area contributed by atoms with Crippen LogP contribution in [-0.4, -0.2) is 76.9 Å². The van der Waals surface area contributed by atoms with Gasteiger partial charge in [0.25, 0.3) is 0 Å². The molecule has 0 aromatic carbocycles. The van der Waals surface area contributed by atoms with E-state index in [2.05, 4.69) is 5.32 Å². The van der Waals surface area contributed by atoms with E-state index >= 15 is 0 Å². The second kappa shape index (κ2) is 11.3. The molecule has 0 aromatic heterocycles. The number of carbonyl (C=O) groups is 2. The molecule has 9 nitrogen and oxygen atoms in total. The third-order valence-electron chi connectivity index (χ3n) is 13.0. The summed E-state index contributed by atoms with van der Waals surface area (Å²) in [6, 6.07) is 0.658. The van der Waals surface area contributed by atoms with Crippen LogP contribution in [-0.2, 0) is 28.5 Å². The standard InChI is InChI=1S/C34H54N2O7/c1-17-13-23(37)29-25(40-17)16-24-22(31(29)38)15-27(33(2,3)42-24)41-32(39)34(4)26(43-34)12-10-19-14-28(35)36-30-20-8-6-5-7-18(20)9-11-21(19)30/h17-22,24-31,36,38H,5-16,35H2,1-4H3/p+1/t17?,18?,19?,20?,21?,22?,24?,25?,26-,27-,28?,29?,30?,31?,34-/m1/s1. The first-order chi connectivity index (χ1) is 20.4. The Hall–Kier alpha value is -1.10. The summed E-state index contributed by atoms with van der Waals surface area (Å²) >= 11 is 0. The second-order valence-electron chi connectivity index (χ2n) is 16.1. The molecule has 0 radical (unpaired) electrons. The number of hydrogen-bond acceptors (Lipinski definition) is 8. The number of fused-ring (bicyclic) bond motifs is 5. The van der Waals surface area contributed by atoms with Crippen molar-refractivity contribution in [2.24, 2.45) is 41.2 Å². The zero-order valence-corrected chi connectivity index (χ0v) is 26.6. The van der Waals surface area contributed by atoms with E-state index < -0.39 is 29.3 Å². The van der Waals surface area contributed by atoms with Crippen LogP contribution in [0.4, 0.5) is 0 Å². The van der Waals surface area contributed by atoms with E-state index in [1.165, 1.54) is 38.5 Å². The van der Waals surface area contributed by atoms with Crippen molar-refractivity contribution in [3.05, 3.63) is 0 Å². The topological polar surface area (TPSA) is 137 Å². The number of nitrogens with two attached hydrogens (primary N) is 2. The van der Waals surface area contributed by atoms with Crippen LogP contribution in [0.2, 0.25) is 0 Å². The van der Waals surface area contributed by atoms with Crippen molar-refractivity contribution < 1.29 is 39.0 Å². The Balaban J connectivity index is 0.957. The molecule has 4 aliphatic heterocycles. The van der Waals surface area contributed by atoms with Gasteiger partial charge in [-0.15, -0.1) is 0 Å². The zero-order valence-electron chi connectivity index (χ0n) is 26.6. The van der Waals surface area contributed by atoms with Gasteiger partial charge in [0, 0.05) is 37.0 Å². The monoisotopic (exact) mass is 603 g/mol. The molecule has 0 amide bonds. The van der Waals surface area contributed by atoms with Crippen LogP contribution >= 0.6 is 0 Å². The minimum absolute atomic E-state index is 0.0599. The molecule has 0 aromatic rings. The van der Waals surface area contributed by atoms with Gasteiger partial charge in [0.05, 0.1) is 48.1 Å². The molecule has 0 spiro atoms. The maximum atomic E-state index is 13.6. The van der Waals surface area contributed by atoms with Crippen molar-refractivity contribution in [3.8, 4) is 0 Å². The SMILES string of the molecule is CC1CC(=O)C2C(CC3OC(C)(C)[C@H](OC(=O)[C@]4(C)O[C@@H]4CCC4CC(N)[NH2+]C5C6CCCCC6CCC45)CC3C2O)O1. The van der Waals surface area contributed by atoms with Crippen LogP contribution in [0.3, 0.4) is 0 Å². The minimum Gasteiger partial charge on any atom is -0.457 e. The van der Waals surface area contributed by atoms with E-state index in [4.69, 9.17) is 24.7 Å². The van der Waals surface area contributed by atoms with E-state index in [-0.39, 0.29) is 48.3 Å². The van der Waals surface area contributed by atoms with Gasteiger partial charge in [-0.2, -0.15) is 0 Å². The molecule has 0 bridgehead atoms. The smallest absolute Gasteiger partial charge is 0.341 e. The molecule has 7 aliphatic rings. The van der Waals surface area contributed by atoms with Crippen molar-refractivity contribution >= 4 is 11.8 Å².